The van der Waals surface area contributed by atoms with Gasteiger partial charge in [-0.1, -0.05) is 24.9 Å². The van der Waals surface area contributed by atoms with Crippen molar-refractivity contribution in [2.75, 3.05) is 19.7 Å². The van der Waals surface area contributed by atoms with Crippen LogP contribution in [0, 0.1) is 0 Å². The highest BCUT2D eigenvalue weighted by Crippen LogP contribution is 2.15. The van der Waals surface area contributed by atoms with Gasteiger partial charge in [0.25, 0.3) is 0 Å². The third-order valence-electron chi connectivity index (χ3n) is 2.34. The second-order valence-electron chi connectivity index (χ2n) is 3.98. The summed E-state index contributed by atoms with van der Waals surface area (Å²) in [5, 5.41) is 13.5. The van der Waals surface area contributed by atoms with E-state index in [9.17, 15) is 5.11 Å². The molecule has 2 N–H and O–H groups in total. The molecule has 0 amide bonds. The van der Waals surface area contributed by atoms with Crippen molar-refractivity contribution in [3.63, 3.8) is 0 Å². The average molecular weight is 258 g/mol. The van der Waals surface area contributed by atoms with Gasteiger partial charge in [-0.3, -0.25) is 0 Å². The lowest BCUT2D eigenvalue weighted by Crippen LogP contribution is -2.31. The predicted molar refractivity (Wildman–Crippen MR) is 70.7 cm³/mol. The van der Waals surface area contributed by atoms with E-state index < -0.39 is 6.10 Å². The van der Waals surface area contributed by atoms with E-state index in [2.05, 4.69) is 12.2 Å². The maximum absolute atomic E-state index is 9.65. The molecule has 0 aliphatic heterocycles. The fourth-order valence-electron chi connectivity index (χ4n) is 1.35. The molecule has 0 saturated heterocycles. The van der Waals surface area contributed by atoms with Gasteiger partial charge in [-0.15, -0.1) is 0 Å². The number of halogens is 1. The Labute approximate surface area is 108 Å². The van der Waals surface area contributed by atoms with Crippen molar-refractivity contribution in [3.8, 4) is 5.75 Å². The van der Waals surface area contributed by atoms with Crippen molar-refractivity contribution in [1.29, 1.82) is 0 Å². The molecule has 0 aliphatic rings. The van der Waals surface area contributed by atoms with Gasteiger partial charge in [0.1, 0.15) is 18.5 Å². The van der Waals surface area contributed by atoms with Gasteiger partial charge in [0.15, 0.2) is 0 Å². The van der Waals surface area contributed by atoms with Gasteiger partial charge in [-0.05, 0) is 37.2 Å². The fourth-order valence-corrected chi connectivity index (χ4v) is 1.48. The van der Waals surface area contributed by atoms with Gasteiger partial charge in [-0.25, -0.2) is 0 Å². The Morgan fingerprint density at radius 3 is 2.71 bits per heavy atom. The molecule has 0 aliphatic carbocycles. The highest BCUT2D eigenvalue weighted by Gasteiger charge is 2.04. The molecule has 4 heteroatoms. The van der Waals surface area contributed by atoms with Crippen molar-refractivity contribution < 1.29 is 9.84 Å². The van der Waals surface area contributed by atoms with E-state index in [4.69, 9.17) is 16.3 Å². The normalized spacial score (nSPS) is 12.4. The van der Waals surface area contributed by atoms with Crippen molar-refractivity contribution >= 4 is 11.6 Å². The Morgan fingerprint density at radius 1 is 1.35 bits per heavy atom. The summed E-state index contributed by atoms with van der Waals surface area (Å²) in [6.45, 7) is 3.94. The third kappa shape index (κ3) is 6.51. The van der Waals surface area contributed by atoms with Crippen molar-refractivity contribution in [2.45, 2.75) is 25.9 Å². The summed E-state index contributed by atoms with van der Waals surface area (Å²) in [5.74, 6) is 0.724. The van der Waals surface area contributed by atoms with E-state index in [-0.39, 0.29) is 0 Å². The zero-order chi connectivity index (χ0) is 12.5. The molecule has 0 bridgehead atoms. The quantitative estimate of drug-likeness (QED) is 0.703. The van der Waals surface area contributed by atoms with Gasteiger partial charge in [0.05, 0.1) is 0 Å². The molecule has 1 aromatic carbocycles. The van der Waals surface area contributed by atoms with E-state index in [1.54, 1.807) is 24.3 Å². The number of ether oxygens (including phenoxy) is 1. The van der Waals surface area contributed by atoms with Crippen LogP contribution in [0.3, 0.4) is 0 Å². The van der Waals surface area contributed by atoms with Crippen molar-refractivity contribution in [3.05, 3.63) is 29.3 Å². The van der Waals surface area contributed by atoms with Crippen molar-refractivity contribution in [1.82, 2.24) is 5.32 Å². The van der Waals surface area contributed by atoms with E-state index in [0.717, 1.165) is 25.1 Å². The lowest BCUT2D eigenvalue weighted by molar-refractivity contribution is 0.106. The van der Waals surface area contributed by atoms with Gasteiger partial charge in [-0.2, -0.15) is 0 Å². The summed E-state index contributed by atoms with van der Waals surface area (Å²) in [4.78, 5) is 0. The zero-order valence-electron chi connectivity index (χ0n) is 10.2. The first-order chi connectivity index (χ1) is 8.22. The maximum Gasteiger partial charge on any atom is 0.119 e. The smallest absolute Gasteiger partial charge is 0.119 e. The number of nitrogens with one attached hydrogen (secondary N) is 1. The molecule has 0 spiro atoms. The second-order valence-corrected chi connectivity index (χ2v) is 4.41. The first kappa shape index (κ1) is 14.3. The van der Waals surface area contributed by atoms with Gasteiger partial charge < -0.3 is 15.2 Å². The Balaban J connectivity index is 2.14. The molecule has 0 saturated carbocycles. The number of hydrogen-bond acceptors (Lipinski definition) is 3. The Kier molecular flexibility index (Phi) is 7.01. The summed E-state index contributed by atoms with van der Waals surface area (Å²) in [7, 11) is 0. The number of aliphatic hydroxyl groups excluding tert-OH is 1. The summed E-state index contributed by atoms with van der Waals surface area (Å²) in [5.41, 5.74) is 0. The number of unbranched alkanes of at least 4 members (excludes halogenated alkanes) is 1. The molecule has 1 unspecified atom stereocenters. The van der Waals surface area contributed by atoms with Gasteiger partial charge >= 0.3 is 0 Å². The Bertz CT molecular complexity index is 303. The molecule has 0 radical (unpaired) electrons. The van der Waals surface area contributed by atoms with Gasteiger partial charge in [0, 0.05) is 11.6 Å². The molecular formula is C13H20ClNO2. The summed E-state index contributed by atoms with van der Waals surface area (Å²) in [6.07, 6.45) is 1.80. The molecule has 0 fully saturated rings. The number of rotatable bonds is 8. The molecule has 1 rings (SSSR count). The van der Waals surface area contributed by atoms with Crippen LogP contribution < -0.4 is 10.1 Å². The summed E-state index contributed by atoms with van der Waals surface area (Å²) >= 11 is 5.76. The minimum absolute atomic E-state index is 0.292. The summed E-state index contributed by atoms with van der Waals surface area (Å²) in [6, 6.07) is 7.12. The minimum Gasteiger partial charge on any atom is -0.491 e. The molecule has 1 atom stereocenters. The number of aliphatic hydroxyl groups is 1. The largest absolute Gasteiger partial charge is 0.491 e. The third-order valence-corrected chi connectivity index (χ3v) is 2.60. The van der Waals surface area contributed by atoms with Crippen LogP contribution in [-0.4, -0.2) is 30.9 Å². The lowest BCUT2D eigenvalue weighted by atomic mass is 10.3. The Hall–Kier alpha value is -0.770. The monoisotopic (exact) mass is 257 g/mol. The van der Waals surface area contributed by atoms with Crippen LogP contribution in [0.5, 0.6) is 5.75 Å². The second kappa shape index (κ2) is 8.34. The number of hydrogen-bond donors (Lipinski definition) is 2. The van der Waals surface area contributed by atoms with E-state index in [1.165, 1.54) is 0 Å². The maximum atomic E-state index is 9.65. The van der Waals surface area contributed by atoms with E-state index >= 15 is 0 Å². The predicted octanol–water partition coefficient (Wildman–Crippen LogP) is 2.47. The molecule has 17 heavy (non-hydrogen) atoms. The van der Waals surface area contributed by atoms with Crippen LogP contribution in [-0.2, 0) is 0 Å². The molecule has 96 valence electrons. The lowest BCUT2D eigenvalue weighted by Gasteiger charge is -2.13. The molecular weight excluding hydrogens is 238 g/mol. The topological polar surface area (TPSA) is 41.5 Å². The van der Waals surface area contributed by atoms with Crippen molar-refractivity contribution in [2.24, 2.45) is 0 Å². The molecule has 0 aromatic heterocycles. The highest BCUT2D eigenvalue weighted by molar-refractivity contribution is 6.30. The van der Waals surface area contributed by atoms with Crippen LogP contribution in [0.4, 0.5) is 0 Å². The fraction of sp³-hybridized carbons (Fsp3) is 0.538. The van der Waals surface area contributed by atoms with Crippen LogP contribution in [0.2, 0.25) is 5.02 Å². The molecule has 0 heterocycles. The summed E-state index contributed by atoms with van der Waals surface area (Å²) < 4.78 is 5.43. The molecule has 1 aromatic rings. The van der Waals surface area contributed by atoms with Crippen LogP contribution in [0.1, 0.15) is 19.8 Å². The number of benzene rings is 1. The Morgan fingerprint density at radius 2 is 2.06 bits per heavy atom. The first-order valence-electron chi connectivity index (χ1n) is 5.99. The van der Waals surface area contributed by atoms with Crippen LogP contribution in [0.25, 0.3) is 0 Å². The van der Waals surface area contributed by atoms with Crippen LogP contribution >= 0.6 is 11.6 Å². The standard InChI is InChI=1S/C13H20ClNO2/c1-2-3-8-15-9-12(16)10-17-13-6-4-11(14)5-7-13/h4-7,12,15-16H,2-3,8-10H2,1H3. The highest BCUT2D eigenvalue weighted by atomic mass is 35.5. The van der Waals surface area contributed by atoms with Gasteiger partial charge in [0.2, 0.25) is 0 Å². The molecule has 3 nitrogen and oxygen atoms in total. The SMILES string of the molecule is CCCCNCC(O)COc1ccc(Cl)cc1. The average Bonchev–Trinajstić information content (AvgIpc) is 2.34. The van der Waals surface area contributed by atoms with Crippen LogP contribution in [0.15, 0.2) is 24.3 Å². The van der Waals surface area contributed by atoms with E-state index in [1.807, 2.05) is 0 Å². The zero-order valence-corrected chi connectivity index (χ0v) is 10.9. The first-order valence-corrected chi connectivity index (χ1v) is 6.37. The van der Waals surface area contributed by atoms with E-state index in [0.29, 0.717) is 18.2 Å². The minimum atomic E-state index is -0.484.